The van der Waals surface area contributed by atoms with Crippen molar-refractivity contribution in [3.8, 4) is 17.9 Å². The van der Waals surface area contributed by atoms with Crippen LogP contribution < -0.4 is 0 Å². The highest BCUT2D eigenvalue weighted by atomic mass is 19.3. The van der Waals surface area contributed by atoms with Gasteiger partial charge in [0.05, 0.1) is 0 Å². The van der Waals surface area contributed by atoms with Crippen molar-refractivity contribution < 1.29 is 8.78 Å². The number of aliphatic imine (C=N–C) groups is 1. The first kappa shape index (κ1) is 19.1. The Morgan fingerprint density at radius 3 is 2.00 bits per heavy atom. The van der Waals surface area contributed by atoms with Gasteiger partial charge in [0.25, 0.3) is 0 Å². The van der Waals surface area contributed by atoms with E-state index in [1.54, 1.807) is 24.3 Å². The maximum Gasteiger partial charge on any atom is 0.249 e. The molecule has 2 aromatic carbocycles. The van der Waals surface area contributed by atoms with Crippen LogP contribution in [-0.4, -0.2) is 11.6 Å². The van der Waals surface area contributed by atoms with Crippen molar-refractivity contribution in [3.05, 3.63) is 83.1 Å². The third-order valence-electron chi connectivity index (χ3n) is 3.55. The molecule has 0 aliphatic heterocycles. The van der Waals surface area contributed by atoms with Crippen LogP contribution in [0, 0.1) is 23.2 Å². The third-order valence-corrected chi connectivity index (χ3v) is 3.55. The molecule has 0 saturated heterocycles. The predicted molar refractivity (Wildman–Crippen MR) is 100 cm³/mol. The molecule has 0 N–H and O–H groups in total. The van der Waals surface area contributed by atoms with Crippen molar-refractivity contribution in [1.82, 2.24) is 0 Å². The van der Waals surface area contributed by atoms with Gasteiger partial charge in [-0.1, -0.05) is 42.7 Å². The summed E-state index contributed by atoms with van der Waals surface area (Å²) in [7, 11) is 0. The lowest BCUT2D eigenvalue weighted by Crippen LogP contribution is -2.13. The van der Waals surface area contributed by atoms with E-state index >= 15 is 0 Å². The molecule has 0 aliphatic carbocycles. The third kappa shape index (κ3) is 6.00. The molecule has 2 aromatic rings. The molecule has 0 atom stereocenters. The van der Waals surface area contributed by atoms with Crippen molar-refractivity contribution >= 4 is 5.71 Å². The number of halogens is 2. The number of hydrogen-bond donors (Lipinski definition) is 0. The molecule has 0 aliphatic rings. The Kier molecular flexibility index (Phi) is 6.04. The van der Waals surface area contributed by atoms with E-state index in [1.165, 1.54) is 0 Å². The van der Waals surface area contributed by atoms with E-state index in [0.29, 0.717) is 11.3 Å². The van der Waals surface area contributed by atoms with Crippen molar-refractivity contribution in [2.45, 2.75) is 26.2 Å². The summed E-state index contributed by atoms with van der Waals surface area (Å²) in [5.74, 6) is 3.34. The van der Waals surface area contributed by atoms with Gasteiger partial charge in [0.1, 0.15) is 11.8 Å². The summed E-state index contributed by atoms with van der Waals surface area (Å²) in [5, 5.41) is 8.71. The molecule has 26 heavy (non-hydrogen) atoms. The Balaban J connectivity index is 2.10. The number of hydrogen-bond acceptors (Lipinski definition) is 2. The van der Waals surface area contributed by atoms with Gasteiger partial charge >= 0.3 is 0 Å². The molecule has 0 bridgehead atoms. The second kappa shape index (κ2) is 8.23. The number of alkyl halides is 2. The van der Waals surface area contributed by atoms with Crippen LogP contribution in [-0.2, 0) is 6.42 Å². The second-order valence-corrected chi connectivity index (χ2v) is 6.03. The molecular formula is C22H18F2N2. The van der Waals surface area contributed by atoms with Gasteiger partial charge in [-0.25, -0.2) is 13.8 Å². The van der Waals surface area contributed by atoms with Gasteiger partial charge < -0.3 is 0 Å². The van der Waals surface area contributed by atoms with Gasteiger partial charge in [-0.3, -0.25) is 0 Å². The molecule has 130 valence electrons. The van der Waals surface area contributed by atoms with Crippen molar-refractivity contribution in [2.75, 3.05) is 0 Å². The largest absolute Gasteiger partial charge is 0.249 e. The van der Waals surface area contributed by atoms with Gasteiger partial charge in [0.15, 0.2) is 0 Å². The Labute approximate surface area is 152 Å². The van der Waals surface area contributed by atoms with Crippen LogP contribution in [0.1, 0.15) is 36.1 Å². The van der Waals surface area contributed by atoms with Gasteiger partial charge in [0, 0.05) is 23.3 Å². The highest BCUT2D eigenvalue weighted by molar-refractivity contribution is 5.99. The quantitative estimate of drug-likeness (QED) is 0.429. The minimum absolute atomic E-state index is 0.163. The monoisotopic (exact) mass is 348 g/mol. The first-order valence-electron chi connectivity index (χ1n) is 8.00. The summed E-state index contributed by atoms with van der Waals surface area (Å²) in [6.45, 7) is 6.25. The number of nitriles is 1. The fourth-order valence-corrected chi connectivity index (χ4v) is 2.30. The van der Waals surface area contributed by atoms with E-state index < -0.39 is 5.92 Å². The molecule has 0 amide bonds. The van der Waals surface area contributed by atoms with Crippen LogP contribution in [0.4, 0.5) is 8.78 Å². The summed E-state index contributed by atoms with van der Waals surface area (Å²) in [6, 6.07) is 16.2. The van der Waals surface area contributed by atoms with Crippen molar-refractivity contribution in [2.24, 2.45) is 4.99 Å². The standard InChI is InChI=1S/C22H18F2N2/c1-16(15-25)26-17(2)21-12-10-19(11-13-21)5-4-18-6-8-20(9-7-18)14-22(3,23)24/h6-13H,1,14H2,2-3H3. The van der Waals surface area contributed by atoms with E-state index in [2.05, 4.69) is 23.4 Å². The van der Waals surface area contributed by atoms with E-state index in [9.17, 15) is 8.78 Å². The summed E-state index contributed by atoms with van der Waals surface area (Å²) in [5.41, 5.74) is 3.93. The number of allylic oxidation sites excluding steroid dienone is 1. The zero-order valence-electron chi connectivity index (χ0n) is 14.7. The van der Waals surface area contributed by atoms with Crippen molar-refractivity contribution in [1.29, 1.82) is 5.26 Å². The van der Waals surface area contributed by atoms with Gasteiger partial charge in [-0.05, 0) is 49.2 Å². The lowest BCUT2D eigenvalue weighted by Gasteiger charge is -2.09. The SMILES string of the molecule is C=C(C#N)N=C(C)c1ccc(C#Cc2ccc(CC(C)(F)F)cc2)cc1. The molecule has 2 rings (SSSR count). The number of nitrogens with zero attached hydrogens (tertiary/aromatic N) is 2. The molecule has 0 heterocycles. The van der Waals surface area contributed by atoms with Crippen LogP contribution in [0.2, 0.25) is 0 Å². The summed E-state index contributed by atoms with van der Waals surface area (Å²) >= 11 is 0. The Morgan fingerprint density at radius 2 is 1.54 bits per heavy atom. The highest BCUT2D eigenvalue weighted by Crippen LogP contribution is 2.19. The maximum absolute atomic E-state index is 13.0. The van der Waals surface area contributed by atoms with Gasteiger partial charge in [-0.2, -0.15) is 5.26 Å². The summed E-state index contributed by atoms with van der Waals surface area (Å²) < 4.78 is 26.0. The fourth-order valence-electron chi connectivity index (χ4n) is 2.30. The molecule has 0 aromatic heterocycles. The molecule has 0 radical (unpaired) electrons. The number of rotatable bonds is 4. The minimum atomic E-state index is -2.71. The predicted octanol–water partition coefficient (Wildman–Crippen LogP) is 5.13. The van der Waals surface area contributed by atoms with E-state index in [0.717, 1.165) is 23.6 Å². The molecule has 0 saturated carbocycles. The molecular weight excluding hydrogens is 330 g/mol. The normalized spacial score (nSPS) is 11.3. The Morgan fingerprint density at radius 1 is 1.04 bits per heavy atom. The Hall–Kier alpha value is -3.24. The average molecular weight is 348 g/mol. The molecule has 0 unspecified atom stereocenters. The fraction of sp³-hybridized carbons (Fsp3) is 0.182. The van der Waals surface area contributed by atoms with E-state index in [4.69, 9.17) is 5.26 Å². The summed E-state index contributed by atoms with van der Waals surface area (Å²) in [6.07, 6.45) is -0.276. The first-order valence-corrected chi connectivity index (χ1v) is 8.00. The zero-order chi connectivity index (χ0) is 19.2. The van der Waals surface area contributed by atoms with Gasteiger partial charge in [-0.15, -0.1) is 0 Å². The molecule has 0 spiro atoms. The van der Waals surface area contributed by atoms with Crippen LogP contribution >= 0.6 is 0 Å². The first-order chi connectivity index (χ1) is 12.3. The molecule has 0 fully saturated rings. The van der Waals surface area contributed by atoms with Crippen LogP contribution in [0.3, 0.4) is 0 Å². The average Bonchev–Trinajstić information content (AvgIpc) is 2.60. The highest BCUT2D eigenvalue weighted by Gasteiger charge is 2.21. The molecule has 2 nitrogen and oxygen atoms in total. The van der Waals surface area contributed by atoms with Crippen LogP contribution in [0.15, 0.2) is 65.8 Å². The van der Waals surface area contributed by atoms with Crippen LogP contribution in [0.25, 0.3) is 0 Å². The molecule has 4 heteroatoms. The smallest absolute Gasteiger partial charge is 0.242 e. The lowest BCUT2D eigenvalue weighted by atomic mass is 10.1. The zero-order valence-corrected chi connectivity index (χ0v) is 14.7. The summed E-state index contributed by atoms with van der Waals surface area (Å²) in [4.78, 5) is 4.09. The minimum Gasteiger partial charge on any atom is -0.242 e. The van der Waals surface area contributed by atoms with E-state index in [-0.39, 0.29) is 12.1 Å². The number of benzene rings is 2. The van der Waals surface area contributed by atoms with E-state index in [1.807, 2.05) is 37.3 Å². The lowest BCUT2D eigenvalue weighted by molar-refractivity contribution is 0.0226. The van der Waals surface area contributed by atoms with Crippen molar-refractivity contribution in [3.63, 3.8) is 0 Å². The second-order valence-electron chi connectivity index (χ2n) is 6.03. The topological polar surface area (TPSA) is 36.1 Å². The Bertz CT molecular complexity index is 914. The van der Waals surface area contributed by atoms with Crippen LogP contribution in [0.5, 0.6) is 0 Å². The van der Waals surface area contributed by atoms with Gasteiger partial charge in [0.2, 0.25) is 5.92 Å². The maximum atomic E-state index is 13.0.